The van der Waals surface area contributed by atoms with Crippen LogP contribution in [0.25, 0.3) is 11.6 Å². The van der Waals surface area contributed by atoms with Gasteiger partial charge in [0.1, 0.15) is 17.5 Å². The molecule has 2 aromatic carbocycles. The second-order valence-electron chi connectivity index (χ2n) is 8.52. The quantitative estimate of drug-likeness (QED) is 0.250. The van der Waals surface area contributed by atoms with Gasteiger partial charge in [-0.2, -0.15) is 0 Å². The number of allylic oxidation sites excluding steroid dienone is 3. The maximum atomic E-state index is 15.0. The van der Waals surface area contributed by atoms with Crippen LogP contribution in [0.3, 0.4) is 0 Å². The summed E-state index contributed by atoms with van der Waals surface area (Å²) in [5.74, 6) is -0.0918. The maximum absolute atomic E-state index is 15.0. The number of hydrogen-bond donors (Lipinski definition) is 4. The van der Waals surface area contributed by atoms with Gasteiger partial charge in [0, 0.05) is 29.6 Å². The number of nitrogens with one attached hydrogen (secondary N) is 3. The van der Waals surface area contributed by atoms with Crippen LogP contribution in [0.5, 0.6) is 0 Å². The Hall–Kier alpha value is -3.75. The van der Waals surface area contributed by atoms with Gasteiger partial charge in [0.15, 0.2) is 0 Å². The topological polar surface area (TPSA) is 107 Å². The zero-order valence-electron chi connectivity index (χ0n) is 20.9. The Morgan fingerprint density at radius 3 is 2.62 bits per heavy atom. The molecule has 0 saturated heterocycles. The van der Waals surface area contributed by atoms with E-state index >= 15 is 0 Å². The fourth-order valence-corrected chi connectivity index (χ4v) is 3.86. The third-order valence-corrected chi connectivity index (χ3v) is 5.83. The van der Waals surface area contributed by atoms with E-state index in [0.717, 1.165) is 0 Å². The predicted molar refractivity (Wildman–Crippen MR) is 145 cm³/mol. The van der Waals surface area contributed by atoms with Crippen LogP contribution in [0.15, 0.2) is 54.7 Å². The smallest absolute Gasteiger partial charge is 0.251 e. The Balaban J connectivity index is 1.74. The van der Waals surface area contributed by atoms with Gasteiger partial charge >= 0.3 is 0 Å². The average molecular weight is 525 g/mol. The Labute approximate surface area is 220 Å². The summed E-state index contributed by atoms with van der Waals surface area (Å²) in [4.78, 5) is 31.3. The minimum absolute atomic E-state index is 0.224. The van der Waals surface area contributed by atoms with Crippen molar-refractivity contribution < 1.29 is 19.1 Å². The SMILES string of the molecule is CC/C=C(/C=C\c1ncc(NC(C)=O)[nH]1)c1cc(C(=O)NCCC(O)c2ccc(Cl)cc2)c(C)cc1F. The number of carbonyl (C=O) groups is 2. The van der Waals surface area contributed by atoms with Crippen molar-refractivity contribution >= 4 is 40.9 Å². The number of aromatic amines is 1. The highest BCUT2D eigenvalue weighted by atomic mass is 35.5. The minimum atomic E-state index is -0.751. The molecule has 0 bridgehead atoms. The molecule has 7 nitrogen and oxygen atoms in total. The molecule has 1 atom stereocenters. The van der Waals surface area contributed by atoms with Crippen molar-refractivity contribution in [3.05, 3.63) is 93.7 Å². The van der Waals surface area contributed by atoms with Crippen LogP contribution in [0.2, 0.25) is 5.02 Å². The molecule has 9 heteroatoms. The first kappa shape index (κ1) is 27.8. The number of aliphatic hydroxyl groups is 1. The molecule has 0 spiro atoms. The lowest BCUT2D eigenvalue weighted by molar-refractivity contribution is -0.114. The van der Waals surface area contributed by atoms with Gasteiger partial charge in [0.25, 0.3) is 5.91 Å². The number of amides is 2. The van der Waals surface area contributed by atoms with E-state index in [4.69, 9.17) is 11.6 Å². The third kappa shape index (κ3) is 7.87. The molecule has 0 aliphatic rings. The standard InChI is InChI=1S/C28H30ClFN4O3/c1-4-5-19(8-11-26-32-16-27(34-26)33-18(3)35)23-15-22(17(2)14-24(23)30)28(37)31-13-12-25(36)20-6-9-21(29)10-7-20/h5-11,14-16,25,36H,4,12-13H2,1-3H3,(H,31,37)(H,32,34)(H,33,35)/b11-8-,19-5-. The fourth-order valence-electron chi connectivity index (χ4n) is 3.74. The van der Waals surface area contributed by atoms with Gasteiger partial charge in [-0.1, -0.05) is 42.8 Å². The molecule has 0 saturated carbocycles. The van der Waals surface area contributed by atoms with Crippen LogP contribution in [-0.2, 0) is 4.79 Å². The van der Waals surface area contributed by atoms with E-state index in [1.165, 1.54) is 25.3 Å². The number of carbonyl (C=O) groups excluding carboxylic acids is 2. The molecule has 3 aromatic rings. The first-order valence-electron chi connectivity index (χ1n) is 11.9. The monoisotopic (exact) mass is 524 g/mol. The number of benzene rings is 2. The predicted octanol–water partition coefficient (Wildman–Crippen LogP) is 5.83. The number of aryl methyl sites for hydroxylation is 1. The summed E-state index contributed by atoms with van der Waals surface area (Å²) in [5, 5.41) is 16.4. The molecule has 194 valence electrons. The number of imidazole rings is 1. The number of aliphatic hydroxyl groups excluding tert-OH is 1. The molecule has 1 aromatic heterocycles. The van der Waals surface area contributed by atoms with Crippen LogP contribution < -0.4 is 10.6 Å². The van der Waals surface area contributed by atoms with E-state index in [0.29, 0.717) is 51.8 Å². The highest BCUT2D eigenvalue weighted by Gasteiger charge is 2.16. The van der Waals surface area contributed by atoms with Crippen molar-refractivity contribution in [2.45, 2.75) is 39.7 Å². The molecule has 37 heavy (non-hydrogen) atoms. The Morgan fingerprint density at radius 1 is 1.22 bits per heavy atom. The molecule has 4 N–H and O–H groups in total. The summed E-state index contributed by atoms with van der Waals surface area (Å²) in [7, 11) is 0. The first-order chi connectivity index (χ1) is 17.7. The van der Waals surface area contributed by atoms with E-state index in [2.05, 4.69) is 20.6 Å². The summed E-state index contributed by atoms with van der Waals surface area (Å²) >= 11 is 5.89. The normalized spacial score (nSPS) is 12.5. The van der Waals surface area contributed by atoms with E-state index < -0.39 is 11.9 Å². The van der Waals surface area contributed by atoms with Crippen molar-refractivity contribution in [3.8, 4) is 0 Å². The Morgan fingerprint density at radius 2 is 1.95 bits per heavy atom. The Kier molecular flexibility index (Phi) is 9.77. The van der Waals surface area contributed by atoms with Gasteiger partial charge in [-0.25, -0.2) is 9.37 Å². The van der Waals surface area contributed by atoms with Crippen LogP contribution in [0.4, 0.5) is 10.2 Å². The van der Waals surface area contributed by atoms with E-state index in [1.807, 2.05) is 13.0 Å². The number of hydrogen-bond acceptors (Lipinski definition) is 4. The van der Waals surface area contributed by atoms with Gasteiger partial charge in [0.05, 0.1) is 12.3 Å². The van der Waals surface area contributed by atoms with Crippen molar-refractivity contribution in [1.29, 1.82) is 0 Å². The highest BCUT2D eigenvalue weighted by molar-refractivity contribution is 6.30. The van der Waals surface area contributed by atoms with Crippen molar-refractivity contribution in [1.82, 2.24) is 15.3 Å². The molecule has 0 fully saturated rings. The van der Waals surface area contributed by atoms with Crippen LogP contribution >= 0.6 is 11.6 Å². The van der Waals surface area contributed by atoms with E-state index in [-0.39, 0.29) is 23.9 Å². The Bertz CT molecular complexity index is 1320. The van der Waals surface area contributed by atoms with E-state index in [9.17, 15) is 19.1 Å². The number of rotatable bonds is 10. The molecule has 0 aliphatic heterocycles. The molecular weight excluding hydrogens is 495 g/mol. The summed E-state index contributed by atoms with van der Waals surface area (Å²) < 4.78 is 15.0. The first-order valence-corrected chi connectivity index (χ1v) is 12.3. The molecule has 1 heterocycles. The zero-order chi connectivity index (χ0) is 26.9. The van der Waals surface area contributed by atoms with Gasteiger partial charge in [-0.15, -0.1) is 0 Å². The van der Waals surface area contributed by atoms with Gasteiger partial charge in [-0.05, 0) is 66.8 Å². The van der Waals surface area contributed by atoms with Gasteiger partial charge < -0.3 is 20.7 Å². The minimum Gasteiger partial charge on any atom is -0.388 e. The second-order valence-corrected chi connectivity index (χ2v) is 8.96. The summed E-state index contributed by atoms with van der Waals surface area (Å²) in [6, 6.07) is 9.75. The second kappa shape index (κ2) is 13.0. The lowest BCUT2D eigenvalue weighted by atomic mass is 9.97. The summed E-state index contributed by atoms with van der Waals surface area (Å²) in [6.45, 7) is 5.24. The summed E-state index contributed by atoms with van der Waals surface area (Å²) in [5.41, 5.74) is 2.43. The van der Waals surface area contributed by atoms with Crippen LogP contribution in [0, 0.1) is 12.7 Å². The van der Waals surface area contributed by atoms with E-state index in [1.54, 1.807) is 43.3 Å². The lowest BCUT2D eigenvalue weighted by Gasteiger charge is -2.14. The maximum Gasteiger partial charge on any atom is 0.251 e. The molecule has 1 unspecified atom stereocenters. The lowest BCUT2D eigenvalue weighted by Crippen LogP contribution is -2.26. The molecule has 0 radical (unpaired) electrons. The fraction of sp³-hybridized carbons (Fsp3) is 0.250. The van der Waals surface area contributed by atoms with Crippen molar-refractivity contribution in [3.63, 3.8) is 0 Å². The number of H-pyrrole nitrogens is 1. The number of aromatic nitrogens is 2. The third-order valence-electron chi connectivity index (χ3n) is 5.58. The van der Waals surface area contributed by atoms with Gasteiger partial charge in [-0.3, -0.25) is 9.59 Å². The largest absolute Gasteiger partial charge is 0.388 e. The number of anilines is 1. The molecule has 3 rings (SSSR count). The zero-order valence-corrected chi connectivity index (χ0v) is 21.7. The van der Waals surface area contributed by atoms with Gasteiger partial charge in [0.2, 0.25) is 5.91 Å². The highest BCUT2D eigenvalue weighted by Crippen LogP contribution is 2.25. The van der Waals surface area contributed by atoms with Crippen LogP contribution in [0.1, 0.15) is 65.7 Å². The molecule has 2 amide bonds. The van der Waals surface area contributed by atoms with Crippen molar-refractivity contribution in [2.75, 3.05) is 11.9 Å². The molecular formula is C28H30ClFN4O3. The van der Waals surface area contributed by atoms with Crippen molar-refractivity contribution in [2.24, 2.45) is 0 Å². The number of halogens is 2. The summed E-state index contributed by atoms with van der Waals surface area (Å²) in [6.07, 6.45) is 6.93. The molecule has 0 aliphatic carbocycles. The van der Waals surface area contributed by atoms with Crippen LogP contribution in [-0.4, -0.2) is 33.4 Å². The average Bonchev–Trinajstić information content (AvgIpc) is 3.28. The number of nitrogens with zero attached hydrogens (tertiary/aromatic N) is 1.